The van der Waals surface area contributed by atoms with Gasteiger partial charge in [-0.1, -0.05) is 6.92 Å². The van der Waals surface area contributed by atoms with Crippen molar-refractivity contribution in [3.8, 4) is 0 Å². The minimum Gasteiger partial charge on any atom is -0.309 e. The molecule has 0 aromatic carbocycles. The summed E-state index contributed by atoms with van der Waals surface area (Å²) in [5.74, 6) is 4.41. The lowest BCUT2D eigenvalue weighted by atomic mass is 9.61. The summed E-state index contributed by atoms with van der Waals surface area (Å²) in [5.41, 5.74) is 0.359. The van der Waals surface area contributed by atoms with Crippen molar-refractivity contribution in [1.29, 1.82) is 0 Å². The zero-order valence-corrected chi connectivity index (χ0v) is 10.4. The molecule has 86 valence electrons. The highest BCUT2D eigenvalue weighted by Crippen LogP contribution is 2.61. The van der Waals surface area contributed by atoms with Crippen LogP contribution in [-0.2, 0) is 0 Å². The highest BCUT2D eigenvalue weighted by Gasteiger charge is 2.57. The van der Waals surface area contributed by atoms with Gasteiger partial charge in [-0.2, -0.15) is 0 Å². The predicted molar refractivity (Wildman–Crippen MR) is 63.7 cm³/mol. The van der Waals surface area contributed by atoms with Crippen molar-refractivity contribution in [2.75, 3.05) is 0 Å². The first-order chi connectivity index (χ1) is 7.11. The van der Waals surface area contributed by atoms with Crippen molar-refractivity contribution in [3.05, 3.63) is 0 Å². The molecule has 1 heteroatoms. The second-order valence-electron chi connectivity index (χ2n) is 6.80. The largest absolute Gasteiger partial charge is 0.309 e. The molecule has 3 saturated carbocycles. The standard InChI is InChI=1S/C14H25N/c1-4-14(2,3)15-12-8-11-9-5-6-10(7-9)13(11)12/h9-13,15H,4-8H2,1-3H3/t9?,10?,11-,12-,13+/m1/s1. The van der Waals surface area contributed by atoms with Gasteiger partial charge >= 0.3 is 0 Å². The molecule has 0 spiro atoms. The van der Waals surface area contributed by atoms with E-state index in [1.54, 1.807) is 12.8 Å². The maximum Gasteiger partial charge on any atom is 0.0125 e. The van der Waals surface area contributed by atoms with Gasteiger partial charge in [-0.25, -0.2) is 0 Å². The molecule has 2 bridgehead atoms. The topological polar surface area (TPSA) is 12.0 Å². The second kappa shape index (κ2) is 3.23. The predicted octanol–water partition coefficient (Wildman–Crippen LogP) is 3.20. The fourth-order valence-corrected chi connectivity index (χ4v) is 4.45. The van der Waals surface area contributed by atoms with E-state index in [-0.39, 0.29) is 0 Å². The first kappa shape index (κ1) is 10.1. The zero-order valence-electron chi connectivity index (χ0n) is 10.4. The van der Waals surface area contributed by atoms with E-state index in [9.17, 15) is 0 Å². The minimum atomic E-state index is 0.359. The Balaban J connectivity index is 1.63. The van der Waals surface area contributed by atoms with Gasteiger partial charge in [-0.3, -0.25) is 0 Å². The van der Waals surface area contributed by atoms with Crippen LogP contribution in [0.1, 0.15) is 52.9 Å². The van der Waals surface area contributed by atoms with Crippen molar-refractivity contribution in [2.24, 2.45) is 23.7 Å². The molecule has 3 aliphatic carbocycles. The van der Waals surface area contributed by atoms with Crippen LogP contribution in [0.3, 0.4) is 0 Å². The van der Waals surface area contributed by atoms with E-state index in [2.05, 4.69) is 26.1 Å². The van der Waals surface area contributed by atoms with Gasteiger partial charge in [0.1, 0.15) is 0 Å². The lowest BCUT2D eigenvalue weighted by Crippen LogP contribution is -2.58. The Labute approximate surface area is 94.0 Å². The van der Waals surface area contributed by atoms with Crippen LogP contribution in [0, 0.1) is 23.7 Å². The summed E-state index contributed by atoms with van der Waals surface area (Å²) in [6, 6.07) is 0.861. The van der Waals surface area contributed by atoms with Crippen LogP contribution in [-0.4, -0.2) is 11.6 Å². The molecule has 3 rings (SSSR count). The fraction of sp³-hybridized carbons (Fsp3) is 1.00. The van der Waals surface area contributed by atoms with Crippen molar-refractivity contribution < 1.29 is 0 Å². The molecule has 3 fully saturated rings. The molecule has 15 heavy (non-hydrogen) atoms. The molecule has 0 heterocycles. The molecule has 0 aliphatic heterocycles. The van der Waals surface area contributed by atoms with E-state index in [0.717, 1.165) is 29.7 Å². The molecule has 0 aromatic rings. The Hall–Kier alpha value is -0.0400. The summed E-state index contributed by atoms with van der Waals surface area (Å²) in [4.78, 5) is 0. The average Bonchev–Trinajstić information content (AvgIpc) is 2.70. The molecule has 0 saturated heterocycles. The summed E-state index contributed by atoms with van der Waals surface area (Å²) >= 11 is 0. The summed E-state index contributed by atoms with van der Waals surface area (Å²) < 4.78 is 0. The van der Waals surface area contributed by atoms with Crippen LogP contribution in [0.25, 0.3) is 0 Å². The number of hydrogen-bond acceptors (Lipinski definition) is 1. The molecular weight excluding hydrogens is 182 g/mol. The van der Waals surface area contributed by atoms with E-state index < -0.39 is 0 Å². The maximum atomic E-state index is 3.90. The smallest absolute Gasteiger partial charge is 0.0125 e. The average molecular weight is 207 g/mol. The van der Waals surface area contributed by atoms with Crippen LogP contribution in [0.4, 0.5) is 0 Å². The van der Waals surface area contributed by atoms with Gasteiger partial charge in [0.15, 0.2) is 0 Å². The third-order valence-electron chi connectivity index (χ3n) is 5.61. The number of rotatable bonds is 3. The number of hydrogen-bond donors (Lipinski definition) is 1. The Morgan fingerprint density at radius 1 is 1.13 bits per heavy atom. The van der Waals surface area contributed by atoms with Crippen molar-refractivity contribution >= 4 is 0 Å². The first-order valence-corrected chi connectivity index (χ1v) is 6.88. The third-order valence-corrected chi connectivity index (χ3v) is 5.61. The monoisotopic (exact) mass is 207 g/mol. The molecule has 0 amide bonds. The first-order valence-electron chi connectivity index (χ1n) is 6.88. The van der Waals surface area contributed by atoms with Crippen LogP contribution in [0.5, 0.6) is 0 Å². The Bertz CT molecular complexity index is 256. The SMILES string of the molecule is CCC(C)(C)N[C@@H]1C[C@@H]2C3CCC(C3)[C@@H]21. The molecule has 0 aromatic heterocycles. The second-order valence-corrected chi connectivity index (χ2v) is 6.80. The number of fused-ring (bicyclic) bond motifs is 5. The molecule has 2 unspecified atom stereocenters. The quantitative estimate of drug-likeness (QED) is 0.749. The molecule has 3 aliphatic rings. The van der Waals surface area contributed by atoms with E-state index in [1.165, 1.54) is 19.3 Å². The lowest BCUT2D eigenvalue weighted by molar-refractivity contribution is 0.0325. The van der Waals surface area contributed by atoms with E-state index in [0.29, 0.717) is 5.54 Å². The molecule has 1 nitrogen and oxygen atoms in total. The molecule has 5 atom stereocenters. The van der Waals surface area contributed by atoms with E-state index in [1.807, 2.05) is 0 Å². The minimum absolute atomic E-state index is 0.359. The van der Waals surface area contributed by atoms with Gasteiger partial charge in [-0.05, 0) is 69.6 Å². The van der Waals surface area contributed by atoms with Crippen LogP contribution < -0.4 is 5.32 Å². The zero-order chi connectivity index (χ0) is 10.6. The van der Waals surface area contributed by atoms with Crippen molar-refractivity contribution in [1.82, 2.24) is 5.32 Å². The molecular formula is C14H25N. The third kappa shape index (κ3) is 1.46. The van der Waals surface area contributed by atoms with Gasteiger partial charge < -0.3 is 5.32 Å². The highest BCUT2D eigenvalue weighted by atomic mass is 15.0. The molecule has 0 radical (unpaired) electrons. The van der Waals surface area contributed by atoms with Gasteiger partial charge in [0, 0.05) is 11.6 Å². The van der Waals surface area contributed by atoms with Crippen LogP contribution in [0.15, 0.2) is 0 Å². The Kier molecular flexibility index (Phi) is 2.18. The lowest BCUT2D eigenvalue weighted by Gasteiger charge is -2.50. The van der Waals surface area contributed by atoms with Gasteiger partial charge in [0.25, 0.3) is 0 Å². The summed E-state index contributed by atoms with van der Waals surface area (Å²) in [6.45, 7) is 7.00. The summed E-state index contributed by atoms with van der Waals surface area (Å²) in [7, 11) is 0. The van der Waals surface area contributed by atoms with Gasteiger partial charge in [0.05, 0.1) is 0 Å². The van der Waals surface area contributed by atoms with Crippen LogP contribution >= 0.6 is 0 Å². The van der Waals surface area contributed by atoms with Gasteiger partial charge in [-0.15, -0.1) is 0 Å². The van der Waals surface area contributed by atoms with Gasteiger partial charge in [0.2, 0.25) is 0 Å². The Morgan fingerprint density at radius 3 is 2.53 bits per heavy atom. The number of nitrogens with one attached hydrogen (secondary N) is 1. The highest BCUT2D eigenvalue weighted by molar-refractivity contribution is 5.09. The summed E-state index contributed by atoms with van der Waals surface area (Å²) in [6.07, 6.45) is 7.39. The van der Waals surface area contributed by atoms with E-state index in [4.69, 9.17) is 0 Å². The fourth-order valence-electron chi connectivity index (χ4n) is 4.45. The van der Waals surface area contributed by atoms with Crippen LogP contribution in [0.2, 0.25) is 0 Å². The summed E-state index contributed by atoms with van der Waals surface area (Å²) in [5, 5.41) is 3.90. The maximum absolute atomic E-state index is 3.90. The Morgan fingerprint density at radius 2 is 1.87 bits per heavy atom. The normalized spacial score (nSPS) is 47.8. The van der Waals surface area contributed by atoms with E-state index >= 15 is 0 Å². The molecule has 1 N–H and O–H groups in total. The van der Waals surface area contributed by atoms with Crippen molar-refractivity contribution in [2.45, 2.75) is 64.5 Å². The van der Waals surface area contributed by atoms with Crippen molar-refractivity contribution in [3.63, 3.8) is 0 Å².